The number of amidine groups is 1. The van der Waals surface area contributed by atoms with Gasteiger partial charge in [0.1, 0.15) is 5.69 Å². The molecule has 1 aromatic heterocycles. The third-order valence-electron chi connectivity index (χ3n) is 9.71. The Balaban J connectivity index is 0.000000294. The molecule has 0 saturated carbocycles. The topological polar surface area (TPSA) is 45.8 Å². The van der Waals surface area contributed by atoms with Crippen LogP contribution in [0.25, 0.3) is 12.2 Å². The predicted octanol–water partition coefficient (Wildman–Crippen LogP) is 10.1. The summed E-state index contributed by atoms with van der Waals surface area (Å²) < 4.78 is 7.77. The maximum Gasteiger partial charge on any atom is 0.551 e. The molecular formula is C44H54BN3O2+. The van der Waals surface area contributed by atoms with Crippen molar-refractivity contribution in [1.82, 2.24) is 4.81 Å². The van der Waals surface area contributed by atoms with Crippen LogP contribution in [0.4, 0.5) is 5.82 Å². The van der Waals surface area contributed by atoms with Gasteiger partial charge in [-0.3, -0.25) is 4.48 Å². The molecule has 6 heteroatoms. The number of hydrogen-bond acceptors (Lipinski definition) is 4. The molecule has 2 aliphatic carbocycles. The van der Waals surface area contributed by atoms with E-state index in [1.807, 2.05) is 24.4 Å². The van der Waals surface area contributed by atoms with Crippen LogP contribution in [0.2, 0.25) is 0 Å². The van der Waals surface area contributed by atoms with E-state index in [9.17, 15) is 4.79 Å². The molecule has 3 heterocycles. The Kier molecular flexibility index (Phi) is 11.2. The fourth-order valence-electron chi connectivity index (χ4n) is 6.74. The summed E-state index contributed by atoms with van der Waals surface area (Å²) in [6.45, 7) is 23.9. The van der Waals surface area contributed by atoms with Gasteiger partial charge >= 0.3 is 19.3 Å². The number of carbonyl (C=O) groups is 1. The first-order valence-corrected chi connectivity index (χ1v) is 18.3. The number of aliphatic imine (C=N–C) groups is 1. The lowest BCUT2D eigenvalue weighted by Crippen LogP contribution is -2.57. The first-order chi connectivity index (χ1) is 23.9. The summed E-state index contributed by atoms with van der Waals surface area (Å²) >= 11 is 0. The van der Waals surface area contributed by atoms with Gasteiger partial charge in [0, 0.05) is 11.5 Å². The van der Waals surface area contributed by atoms with Gasteiger partial charge in [-0.1, -0.05) is 136 Å². The van der Waals surface area contributed by atoms with Gasteiger partial charge < -0.3 is 9.55 Å². The van der Waals surface area contributed by atoms with E-state index >= 15 is 0 Å². The summed E-state index contributed by atoms with van der Waals surface area (Å²) in [5.41, 5.74) is 9.57. The Labute approximate surface area is 301 Å². The summed E-state index contributed by atoms with van der Waals surface area (Å²) in [7, 11) is 2.06. The minimum atomic E-state index is -0.353. The van der Waals surface area contributed by atoms with Crippen LogP contribution < -0.4 is 4.48 Å². The number of carbonyl (C=O) groups excluding carboxylic acids is 1. The molecule has 50 heavy (non-hydrogen) atoms. The van der Waals surface area contributed by atoms with Crippen molar-refractivity contribution in [3.05, 3.63) is 130 Å². The molecule has 2 aromatic carbocycles. The fourth-order valence-corrected chi connectivity index (χ4v) is 6.74. The van der Waals surface area contributed by atoms with Crippen LogP contribution in [-0.2, 0) is 16.6 Å². The number of pyridine rings is 1. The Morgan fingerprint density at radius 1 is 1.00 bits per heavy atom. The quantitative estimate of drug-likeness (QED) is 0.201. The second-order valence-electron chi connectivity index (χ2n) is 15.2. The molecule has 259 valence electrons. The summed E-state index contributed by atoms with van der Waals surface area (Å²) in [5.74, 6) is 1.29. The van der Waals surface area contributed by atoms with Crippen LogP contribution in [0.1, 0.15) is 125 Å². The first-order valence-electron chi connectivity index (χ1n) is 18.3. The van der Waals surface area contributed by atoms with E-state index in [1.165, 1.54) is 27.8 Å². The van der Waals surface area contributed by atoms with Crippen LogP contribution in [-0.4, -0.2) is 30.8 Å². The SMILES string of the molecule is C=Cc1ccc(C(=O)OCC2C=CC(C(C)(C)C)=CC2)c2[n+]1[B]N1C(=N2)c2cccc3c2C1CC=C3.CC.CCc1ccc(C(C)(C)C)cc1. The Hall–Kier alpha value is -4.45. The number of hydrogen-bond donors (Lipinski definition) is 0. The van der Waals surface area contributed by atoms with Crippen molar-refractivity contribution in [2.75, 3.05) is 6.61 Å². The molecule has 2 aliphatic heterocycles. The standard InChI is InChI=1S/C30H30BN3O2.C12H18.C2H6/c1-5-22-16-17-24(29(35)36-18-19-12-14-21(15-13-19)30(2,3)4)28-32-27-23-10-6-8-20-9-7-11-25(26(20)23)34(27)31-33(22)28;1-5-10-6-8-11(9-7-10)12(2,3)4;1-2/h5-10,12,14-17,19,25H,1,11,13,18H2,2-4H3;6-9H,5H2,1-4H3;1-2H3/q+1;;. The lowest BCUT2D eigenvalue weighted by Gasteiger charge is -2.27. The monoisotopic (exact) mass is 667 g/mol. The van der Waals surface area contributed by atoms with E-state index in [-0.39, 0.29) is 28.8 Å². The average molecular weight is 668 g/mol. The van der Waals surface area contributed by atoms with Gasteiger partial charge in [0.2, 0.25) is 5.84 Å². The highest BCUT2D eigenvalue weighted by Gasteiger charge is 2.47. The van der Waals surface area contributed by atoms with Crippen molar-refractivity contribution >= 4 is 37.3 Å². The van der Waals surface area contributed by atoms with E-state index in [0.29, 0.717) is 18.0 Å². The highest BCUT2D eigenvalue weighted by Crippen LogP contribution is 2.43. The van der Waals surface area contributed by atoms with E-state index in [0.717, 1.165) is 36.4 Å². The van der Waals surface area contributed by atoms with E-state index < -0.39 is 0 Å². The number of aryl methyl sites for hydroxylation is 1. The molecule has 0 bridgehead atoms. The van der Waals surface area contributed by atoms with Crippen molar-refractivity contribution in [2.24, 2.45) is 16.3 Å². The van der Waals surface area contributed by atoms with E-state index in [4.69, 9.17) is 9.73 Å². The normalized spacial score (nSPS) is 18.1. The largest absolute Gasteiger partial charge is 0.551 e. The lowest BCUT2D eigenvalue weighted by molar-refractivity contribution is -0.524. The maximum absolute atomic E-state index is 13.3. The highest BCUT2D eigenvalue weighted by atomic mass is 16.5. The number of fused-ring (bicyclic) bond motifs is 4. The molecule has 0 N–H and O–H groups in total. The van der Waals surface area contributed by atoms with Crippen molar-refractivity contribution in [3.63, 3.8) is 0 Å². The second-order valence-corrected chi connectivity index (χ2v) is 15.2. The molecule has 3 aromatic rings. The summed E-state index contributed by atoms with van der Waals surface area (Å²) in [4.78, 5) is 20.6. The van der Waals surface area contributed by atoms with Crippen LogP contribution in [0, 0.1) is 11.3 Å². The van der Waals surface area contributed by atoms with Crippen molar-refractivity contribution in [1.29, 1.82) is 0 Å². The Morgan fingerprint density at radius 3 is 2.36 bits per heavy atom. The third-order valence-corrected chi connectivity index (χ3v) is 9.71. The predicted molar refractivity (Wildman–Crippen MR) is 210 cm³/mol. The van der Waals surface area contributed by atoms with Gasteiger partial charge in [-0.05, 0) is 87.2 Å². The zero-order valence-electron chi connectivity index (χ0n) is 31.6. The Morgan fingerprint density at radius 2 is 1.74 bits per heavy atom. The van der Waals surface area contributed by atoms with E-state index in [2.05, 4.69) is 140 Å². The Bertz CT molecular complexity index is 1850. The summed E-state index contributed by atoms with van der Waals surface area (Å²) in [5, 5.41) is 0. The van der Waals surface area contributed by atoms with Gasteiger partial charge in [0.25, 0.3) is 0 Å². The summed E-state index contributed by atoms with van der Waals surface area (Å²) in [6.07, 6.45) is 15.7. The molecule has 4 aliphatic rings. The molecule has 0 amide bonds. The minimum Gasteiger partial charge on any atom is -0.461 e. The third kappa shape index (κ3) is 7.65. The van der Waals surface area contributed by atoms with Crippen molar-refractivity contribution in [3.8, 4) is 0 Å². The van der Waals surface area contributed by atoms with Crippen LogP contribution in [0.15, 0.2) is 96.0 Å². The number of allylic oxidation sites excluding steroid dienone is 3. The van der Waals surface area contributed by atoms with Gasteiger partial charge in [-0.25, -0.2) is 4.79 Å². The zero-order valence-corrected chi connectivity index (χ0v) is 31.6. The number of aromatic nitrogens is 1. The molecular weight excluding hydrogens is 613 g/mol. The molecule has 2 unspecified atom stereocenters. The van der Waals surface area contributed by atoms with Crippen molar-refractivity contribution in [2.45, 2.75) is 93.0 Å². The number of nitrogens with zero attached hydrogens (tertiary/aromatic N) is 3. The molecule has 1 radical (unpaired) electrons. The maximum atomic E-state index is 13.3. The number of rotatable bonds is 5. The van der Waals surface area contributed by atoms with Crippen LogP contribution in [0.3, 0.4) is 0 Å². The molecule has 0 spiro atoms. The van der Waals surface area contributed by atoms with Crippen LogP contribution >= 0.6 is 0 Å². The molecule has 0 fully saturated rings. The summed E-state index contributed by atoms with van der Waals surface area (Å²) in [6, 6.07) is 19.2. The molecule has 5 nitrogen and oxygen atoms in total. The first kappa shape index (κ1) is 36.8. The minimum absolute atomic E-state index is 0.124. The van der Waals surface area contributed by atoms with Gasteiger partial charge in [-0.2, -0.15) is 0 Å². The molecule has 0 saturated heterocycles. The number of benzene rings is 2. The molecule has 2 atom stereocenters. The van der Waals surface area contributed by atoms with Gasteiger partial charge in [-0.15, -0.1) is 0 Å². The van der Waals surface area contributed by atoms with Crippen molar-refractivity contribution < 1.29 is 14.0 Å². The lowest BCUT2D eigenvalue weighted by atomic mass is 9.82. The number of ether oxygens (including phenoxy) is 1. The second kappa shape index (κ2) is 15.2. The zero-order chi connectivity index (χ0) is 36.2. The van der Waals surface area contributed by atoms with Gasteiger partial charge in [0.05, 0.1) is 12.6 Å². The average Bonchev–Trinajstić information content (AvgIpc) is 3.44. The van der Waals surface area contributed by atoms with E-state index in [1.54, 1.807) is 12.1 Å². The number of esters is 1. The van der Waals surface area contributed by atoms with Crippen LogP contribution in [0.5, 0.6) is 0 Å². The van der Waals surface area contributed by atoms with Gasteiger partial charge in [0.15, 0.2) is 5.56 Å². The molecule has 7 rings (SSSR count). The highest BCUT2D eigenvalue weighted by molar-refractivity contribution is 6.34. The smallest absolute Gasteiger partial charge is 0.461 e. The fraction of sp³-hybridized carbons (Fsp3) is 0.386.